The number of pyridine rings is 1. The Morgan fingerprint density at radius 1 is 1.22 bits per heavy atom. The van der Waals surface area contributed by atoms with Crippen LogP contribution in [-0.2, 0) is 30.7 Å². The maximum atomic E-state index is 11.9. The Labute approximate surface area is 134 Å². The second-order valence-corrected chi connectivity index (χ2v) is 6.13. The van der Waals surface area contributed by atoms with Crippen molar-refractivity contribution in [2.75, 3.05) is 25.5 Å². The van der Waals surface area contributed by atoms with Crippen molar-refractivity contribution in [3.63, 3.8) is 0 Å². The number of aromatic nitrogens is 3. The molecule has 0 radical (unpaired) electrons. The summed E-state index contributed by atoms with van der Waals surface area (Å²) >= 11 is 0. The number of carbonyl (C=O) groups is 1. The molecule has 0 saturated carbocycles. The number of fused-ring (bicyclic) bond motifs is 2. The zero-order valence-corrected chi connectivity index (χ0v) is 13.2. The summed E-state index contributed by atoms with van der Waals surface area (Å²) in [6.45, 7) is 2.92. The summed E-state index contributed by atoms with van der Waals surface area (Å²) in [7, 11) is 1.83. The molecule has 0 aromatic carbocycles. The Bertz CT molecular complexity index is 753. The van der Waals surface area contributed by atoms with Crippen LogP contribution in [-0.4, -0.2) is 45.7 Å². The fraction of sp³-hybridized carbons (Fsp3) is 0.438. The van der Waals surface area contributed by atoms with Crippen LogP contribution in [0.5, 0.6) is 0 Å². The molecule has 7 nitrogen and oxygen atoms in total. The van der Waals surface area contributed by atoms with Gasteiger partial charge in [0.15, 0.2) is 5.82 Å². The summed E-state index contributed by atoms with van der Waals surface area (Å²) in [4.78, 5) is 18.2. The fourth-order valence-electron chi connectivity index (χ4n) is 3.07. The molecule has 2 aromatic rings. The lowest BCUT2D eigenvalue weighted by Crippen LogP contribution is -2.29. The maximum Gasteiger partial charge on any atom is 0.244 e. The number of hydrogen-bond acceptors (Lipinski definition) is 5. The molecule has 23 heavy (non-hydrogen) atoms. The Morgan fingerprint density at radius 3 is 3.04 bits per heavy atom. The summed E-state index contributed by atoms with van der Waals surface area (Å²) in [6.07, 6.45) is 3.79. The van der Waals surface area contributed by atoms with Crippen molar-refractivity contribution in [1.29, 1.82) is 0 Å². The van der Waals surface area contributed by atoms with Crippen LogP contribution in [0.15, 0.2) is 18.3 Å². The number of likely N-dealkylation sites (N-methyl/N-ethyl adjacent to an activating group) is 1. The minimum Gasteiger partial charge on any atom is -0.344 e. The van der Waals surface area contributed by atoms with Gasteiger partial charge in [0.05, 0.1) is 0 Å². The highest BCUT2D eigenvalue weighted by atomic mass is 16.2. The third-order valence-electron chi connectivity index (χ3n) is 4.50. The van der Waals surface area contributed by atoms with Crippen LogP contribution in [0, 0.1) is 0 Å². The highest BCUT2D eigenvalue weighted by Gasteiger charge is 2.19. The lowest BCUT2D eigenvalue weighted by molar-refractivity contribution is -0.130. The van der Waals surface area contributed by atoms with E-state index in [0.29, 0.717) is 6.54 Å². The van der Waals surface area contributed by atoms with E-state index < -0.39 is 0 Å². The zero-order chi connectivity index (χ0) is 15.8. The number of nitrogens with one attached hydrogen (secondary N) is 2. The van der Waals surface area contributed by atoms with Gasteiger partial charge >= 0.3 is 0 Å². The molecule has 0 aliphatic carbocycles. The predicted molar refractivity (Wildman–Crippen MR) is 86.5 cm³/mol. The average molecular weight is 312 g/mol. The molecule has 2 N–H and O–H groups in total. The van der Waals surface area contributed by atoms with Crippen LogP contribution in [0.2, 0.25) is 0 Å². The van der Waals surface area contributed by atoms with Gasteiger partial charge in [-0.2, -0.15) is 5.10 Å². The summed E-state index contributed by atoms with van der Waals surface area (Å²) in [6, 6.07) is 4.08. The average Bonchev–Trinajstić information content (AvgIpc) is 2.88. The third-order valence-corrected chi connectivity index (χ3v) is 4.50. The molecule has 0 unspecified atom stereocenters. The molecule has 120 valence electrons. The van der Waals surface area contributed by atoms with Gasteiger partial charge in [-0.1, -0.05) is 0 Å². The highest BCUT2D eigenvalue weighted by molar-refractivity contribution is 5.76. The first kappa shape index (κ1) is 14.2. The number of nitrogens with zero attached hydrogens (tertiary/aromatic N) is 4. The van der Waals surface area contributed by atoms with E-state index >= 15 is 0 Å². The molecule has 2 aliphatic heterocycles. The highest BCUT2D eigenvalue weighted by Crippen LogP contribution is 2.21. The summed E-state index contributed by atoms with van der Waals surface area (Å²) in [5, 5.41) is 11.1. The van der Waals surface area contributed by atoms with Gasteiger partial charge < -0.3 is 15.5 Å². The van der Waals surface area contributed by atoms with Gasteiger partial charge in [0.1, 0.15) is 12.4 Å². The number of carbonyl (C=O) groups excluding carboxylic acids is 1. The molecule has 0 spiro atoms. The number of anilines is 2. The topological polar surface area (TPSA) is 75.1 Å². The molecule has 4 heterocycles. The first-order valence-electron chi connectivity index (χ1n) is 7.95. The maximum absolute atomic E-state index is 11.9. The van der Waals surface area contributed by atoms with E-state index in [9.17, 15) is 4.79 Å². The van der Waals surface area contributed by atoms with Gasteiger partial charge in [0, 0.05) is 44.5 Å². The minimum absolute atomic E-state index is 0.0939. The van der Waals surface area contributed by atoms with Gasteiger partial charge in [0.2, 0.25) is 5.91 Å². The van der Waals surface area contributed by atoms with E-state index in [1.165, 1.54) is 11.1 Å². The van der Waals surface area contributed by atoms with Crippen molar-refractivity contribution in [3.05, 3.63) is 35.2 Å². The van der Waals surface area contributed by atoms with Crippen LogP contribution in [0.1, 0.15) is 16.8 Å². The van der Waals surface area contributed by atoms with Crippen LogP contribution in [0.3, 0.4) is 0 Å². The SMILES string of the molecule is CN1CCc2cc(Nc3cc4c(cn3)CCNC4)nn2CC1=O. The minimum atomic E-state index is 0.0939. The summed E-state index contributed by atoms with van der Waals surface area (Å²) in [5.41, 5.74) is 3.67. The van der Waals surface area contributed by atoms with Gasteiger partial charge in [-0.05, 0) is 30.2 Å². The van der Waals surface area contributed by atoms with Gasteiger partial charge in [-0.3, -0.25) is 9.48 Å². The standard InChI is InChI=1S/C16H20N6O/c1-21-5-3-13-7-15(20-22(13)10-16(21)23)19-14-6-12-8-17-4-2-11(12)9-18-14/h6-7,9,17H,2-5,8,10H2,1H3,(H,18,19,20). The van der Waals surface area contributed by atoms with Gasteiger partial charge in [-0.15, -0.1) is 0 Å². The Morgan fingerprint density at radius 2 is 2.13 bits per heavy atom. The van der Waals surface area contributed by atoms with Crippen molar-refractivity contribution in [2.45, 2.75) is 25.9 Å². The fourth-order valence-corrected chi connectivity index (χ4v) is 3.07. The first-order valence-corrected chi connectivity index (χ1v) is 7.95. The second kappa shape index (κ2) is 5.66. The van der Waals surface area contributed by atoms with Gasteiger partial charge in [-0.25, -0.2) is 4.98 Å². The summed E-state index contributed by atoms with van der Waals surface area (Å²) < 4.78 is 1.79. The summed E-state index contributed by atoms with van der Waals surface area (Å²) in [5.74, 6) is 1.63. The second-order valence-electron chi connectivity index (χ2n) is 6.13. The van der Waals surface area contributed by atoms with Crippen molar-refractivity contribution < 1.29 is 4.79 Å². The Balaban J connectivity index is 1.55. The van der Waals surface area contributed by atoms with E-state index in [1.54, 1.807) is 9.58 Å². The van der Waals surface area contributed by atoms with E-state index in [-0.39, 0.29) is 5.91 Å². The molecular formula is C16H20N6O. The number of hydrogen-bond donors (Lipinski definition) is 2. The molecule has 1 amide bonds. The molecule has 0 saturated heterocycles. The Hall–Kier alpha value is -2.41. The van der Waals surface area contributed by atoms with Crippen molar-refractivity contribution >= 4 is 17.5 Å². The Kier molecular flexibility index (Phi) is 3.49. The van der Waals surface area contributed by atoms with Crippen LogP contribution in [0.25, 0.3) is 0 Å². The van der Waals surface area contributed by atoms with Crippen molar-refractivity contribution in [1.82, 2.24) is 25.0 Å². The number of amides is 1. The lowest BCUT2D eigenvalue weighted by atomic mass is 10.0. The van der Waals surface area contributed by atoms with Crippen molar-refractivity contribution in [3.8, 4) is 0 Å². The normalized spacial score (nSPS) is 17.4. The quantitative estimate of drug-likeness (QED) is 0.853. The van der Waals surface area contributed by atoms with Crippen molar-refractivity contribution in [2.24, 2.45) is 0 Å². The molecule has 4 rings (SSSR count). The van der Waals surface area contributed by atoms with Gasteiger partial charge in [0.25, 0.3) is 0 Å². The van der Waals surface area contributed by atoms with Crippen LogP contribution >= 0.6 is 0 Å². The smallest absolute Gasteiger partial charge is 0.244 e. The van der Waals surface area contributed by atoms with Crippen LogP contribution in [0.4, 0.5) is 11.6 Å². The third kappa shape index (κ3) is 2.79. The monoisotopic (exact) mass is 312 g/mol. The molecule has 0 atom stereocenters. The molecule has 2 aliphatic rings. The predicted octanol–water partition coefficient (Wildman–Crippen LogP) is 0.682. The zero-order valence-electron chi connectivity index (χ0n) is 13.2. The molecule has 2 aromatic heterocycles. The molecular weight excluding hydrogens is 292 g/mol. The number of rotatable bonds is 2. The molecule has 7 heteroatoms. The van der Waals surface area contributed by atoms with E-state index in [2.05, 4.69) is 26.8 Å². The first-order chi connectivity index (χ1) is 11.2. The largest absolute Gasteiger partial charge is 0.344 e. The van der Waals surface area contributed by atoms with E-state index in [1.807, 2.05) is 19.3 Å². The van der Waals surface area contributed by atoms with E-state index in [4.69, 9.17) is 0 Å². The molecule has 0 fully saturated rings. The van der Waals surface area contributed by atoms with E-state index in [0.717, 1.165) is 49.8 Å². The lowest BCUT2D eigenvalue weighted by Gasteiger charge is -2.17. The van der Waals surface area contributed by atoms with Crippen LogP contribution < -0.4 is 10.6 Å². The molecule has 0 bridgehead atoms.